The van der Waals surface area contributed by atoms with Gasteiger partial charge in [0, 0.05) is 34.4 Å². The van der Waals surface area contributed by atoms with E-state index in [9.17, 15) is 0 Å². The molecule has 0 amide bonds. The molecule has 0 fully saturated rings. The zero-order valence-corrected chi connectivity index (χ0v) is 23.6. The molecule has 0 atom stereocenters. The molecule has 2 aromatic heterocycles. The van der Waals surface area contributed by atoms with Crippen LogP contribution < -0.4 is 0 Å². The molecule has 0 unspecified atom stereocenters. The maximum absolute atomic E-state index is 4.96. The second-order valence-corrected chi connectivity index (χ2v) is 11.2. The predicted octanol–water partition coefficient (Wildman–Crippen LogP) is 9.84. The summed E-state index contributed by atoms with van der Waals surface area (Å²) in [6.07, 6.45) is 6.16. The molecule has 0 aliphatic carbocycles. The Morgan fingerprint density at radius 2 is 1.33 bits per heavy atom. The Labute approximate surface area is 231 Å². The van der Waals surface area contributed by atoms with E-state index in [-0.39, 0.29) is 0 Å². The molecule has 3 nitrogen and oxygen atoms in total. The second kappa shape index (κ2) is 10.2. The largest absolute Gasteiger partial charge is 0.309 e. The maximum atomic E-state index is 4.96. The third-order valence-electron chi connectivity index (χ3n) is 7.91. The quantitative estimate of drug-likeness (QED) is 0.209. The average Bonchev–Trinajstić information content (AvgIpc) is 3.56. The minimum Gasteiger partial charge on any atom is -0.309 e. The fourth-order valence-electron chi connectivity index (χ4n) is 6.09. The molecule has 0 saturated carbocycles. The fraction of sp³-hybridized carbons (Fsp3) is 0.250. The molecule has 0 radical (unpaired) electrons. The van der Waals surface area contributed by atoms with Gasteiger partial charge in [0.15, 0.2) is 0 Å². The van der Waals surface area contributed by atoms with Crippen molar-refractivity contribution in [2.75, 3.05) is 0 Å². The number of imidazole rings is 1. The van der Waals surface area contributed by atoms with Gasteiger partial charge in [-0.2, -0.15) is 0 Å². The Bertz CT molecular complexity index is 1700. The van der Waals surface area contributed by atoms with Crippen LogP contribution in [0.25, 0.3) is 44.6 Å². The number of nitrogens with zero attached hydrogens (tertiary/aromatic N) is 3. The highest BCUT2D eigenvalue weighted by Crippen LogP contribution is 2.37. The number of benzene rings is 4. The molecule has 0 bridgehead atoms. The van der Waals surface area contributed by atoms with E-state index < -0.39 is 0 Å². The van der Waals surface area contributed by atoms with Crippen LogP contribution in [0.1, 0.15) is 69.6 Å². The summed E-state index contributed by atoms with van der Waals surface area (Å²) in [4.78, 5) is 4.96. The van der Waals surface area contributed by atoms with E-state index in [1.807, 2.05) is 6.20 Å². The molecule has 2 heterocycles. The summed E-state index contributed by atoms with van der Waals surface area (Å²) in [5, 5.41) is 2.58. The molecule has 196 valence electrons. The van der Waals surface area contributed by atoms with Crippen LogP contribution in [0.5, 0.6) is 0 Å². The van der Waals surface area contributed by atoms with Crippen LogP contribution in [0, 0.1) is 0 Å². The van der Waals surface area contributed by atoms with E-state index in [1.54, 1.807) is 0 Å². The predicted molar refractivity (Wildman–Crippen MR) is 166 cm³/mol. The lowest BCUT2D eigenvalue weighted by atomic mass is 9.92. The van der Waals surface area contributed by atoms with Gasteiger partial charge in [-0.15, -0.1) is 0 Å². The van der Waals surface area contributed by atoms with Gasteiger partial charge in [-0.1, -0.05) is 95.6 Å². The van der Waals surface area contributed by atoms with Gasteiger partial charge in [-0.3, -0.25) is 4.57 Å². The molecule has 0 N–H and O–H groups in total. The minimum absolute atomic E-state index is 0.418. The van der Waals surface area contributed by atoms with Gasteiger partial charge in [-0.25, -0.2) is 4.98 Å². The third kappa shape index (κ3) is 4.27. The van der Waals surface area contributed by atoms with E-state index >= 15 is 0 Å². The average molecular weight is 512 g/mol. The Hall–Kier alpha value is -4.11. The first-order valence-electron chi connectivity index (χ1n) is 14.3. The first-order valence-corrected chi connectivity index (χ1v) is 14.3. The number of rotatable bonds is 7. The van der Waals surface area contributed by atoms with Crippen molar-refractivity contribution < 1.29 is 0 Å². The van der Waals surface area contributed by atoms with Gasteiger partial charge in [0.25, 0.3) is 0 Å². The summed E-state index contributed by atoms with van der Waals surface area (Å²) in [7, 11) is 0. The highest BCUT2D eigenvalue weighted by Gasteiger charge is 2.20. The SMILES string of the molecule is CCCc1cc(-n2c3ccccc3c3ccccc32)ccc1-c1nccn1-c1c(C(C)C)cccc1C(C)C. The summed E-state index contributed by atoms with van der Waals surface area (Å²) < 4.78 is 4.74. The molecule has 0 saturated heterocycles. The van der Waals surface area contributed by atoms with Crippen LogP contribution in [0.2, 0.25) is 0 Å². The number of fused-ring (bicyclic) bond motifs is 3. The number of hydrogen-bond donors (Lipinski definition) is 0. The van der Waals surface area contributed by atoms with Crippen LogP contribution >= 0.6 is 0 Å². The van der Waals surface area contributed by atoms with Crippen molar-refractivity contribution in [3.63, 3.8) is 0 Å². The fourth-order valence-corrected chi connectivity index (χ4v) is 6.09. The van der Waals surface area contributed by atoms with Crippen molar-refractivity contribution in [1.82, 2.24) is 14.1 Å². The van der Waals surface area contributed by atoms with Crippen LogP contribution in [0.3, 0.4) is 0 Å². The highest BCUT2D eigenvalue weighted by molar-refractivity contribution is 6.09. The molecular formula is C36H37N3. The van der Waals surface area contributed by atoms with Crippen molar-refractivity contribution in [2.24, 2.45) is 0 Å². The van der Waals surface area contributed by atoms with Gasteiger partial charge in [0.05, 0.1) is 16.7 Å². The summed E-state index contributed by atoms with van der Waals surface area (Å²) >= 11 is 0. The summed E-state index contributed by atoms with van der Waals surface area (Å²) in [6, 6.07) is 31.1. The Kier molecular flexibility index (Phi) is 6.60. The Morgan fingerprint density at radius 1 is 0.718 bits per heavy atom. The molecule has 39 heavy (non-hydrogen) atoms. The van der Waals surface area contributed by atoms with Gasteiger partial charge in [0.1, 0.15) is 5.82 Å². The van der Waals surface area contributed by atoms with E-state index in [1.165, 1.54) is 55.4 Å². The number of aromatic nitrogens is 3. The topological polar surface area (TPSA) is 22.8 Å². The van der Waals surface area contributed by atoms with Gasteiger partial charge >= 0.3 is 0 Å². The summed E-state index contributed by atoms with van der Waals surface area (Å²) in [6.45, 7) is 11.4. The highest BCUT2D eigenvalue weighted by atomic mass is 15.1. The zero-order valence-electron chi connectivity index (χ0n) is 23.6. The smallest absolute Gasteiger partial charge is 0.144 e. The normalized spacial score (nSPS) is 11.9. The first kappa shape index (κ1) is 25.2. The molecule has 6 rings (SSSR count). The maximum Gasteiger partial charge on any atom is 0.144 e. The standard InChI is InChI=1S/C36H37N3/c1-6-12-26-23-27(39-33-17-9-7-13-31(33)32-14-8-10-18-34(32)39)19-20-30(26)36-37-21-22-38(36)35-28(24(2)3)15-11-16-29(35)25(4)5/h7-11,13-25H,6,12H2,1-5H3. The Morgan fingerprint density at radius 3 is 1.92 bits per heavy atom. The van der Waals surface area contributed by atoms with Crippen LogP contribution in [0.15, 0.2) is 97.3 Å². The molecular weight excluding hydrogens is 474 g/mol. The van der Waals surface area contributed by atoms with Crippen molar-refractivity contribution in [2.45, 2.75) is 59.3 Å². The summed E-state index contributed by atoms with van der Waals surface area (Å²) in [5.74, 6) is 1.85. The summed E-state index contributed by atoms with van der Waals surface area (Å²) in [5.41, 5.74) is 10.2. The molecule has 4 aromatic carbocycles. The monoisotopic (exact) mass is 511 g/mol. The minimum atomic E-state index is 0.418. The van der Waals surface area contributed by atoms with Crippen molar-refractivity contribution >= 4 is 21.8 Å². The zero-order chi connectivity index (χ0) is 27.1. The van der Waals surface area contributed by atoms with Crippen LogP contribution in [0.4, 0.5) is 0 Å². The molecule has 6 aromatic rings. The number of hydrogen-bond acceptors (Lipinski definition) is 1. The lowest BCUT2D eigenvalue weighted by molar-refractivity contribution is 0.806. The van der Waals surface area contributed by atoms with Crippen molar-refractivity contribution in [3.8, 4) is 22.8 Å². The van der Waals surface area contributed by atoms with Crippen molar-refractivity contribution in [3.05, 3.63) is 114 Å². The van der Waals surface area contributed by atoms with Crippen molar-refractivity contribution in [1.29, 1.82) is 0 Å². The molecule has 3 heteroatoms. The molecule has 0 aliphatic rings. The van der Waals surface area contributed by atoms with E-state index in [0.29, 0.717) is 11.8 Å². The van der Waals surface area contributed by atoms with E-state index in [4.69, 9.17) is 4.98 Å². The lowest BCUT2D eigenvalue weighted by Gasteiger charge is -2.22. The molecule has 0 spiro atoms. The number of para-hydroxylation sites is 3. The molecule has 0 aliphatic heterocycles. The van der Waals surface area contributed by atoms with E-state index in [2.05, 4.69) is 135 Å². The van der Waals surface area contributed by atoms with Gasteiger partial charge < -0.3 is 4.57 Å². The van der Waals surface area contributed by atoms with Crippen LogP contribution in [-0.4, -0.2) is 14.1 Å². The lowest BCUT2D eigenvalue weighted by Crippen LogP contribution is -2.08. The van der Waals surface area contributed by atoms with E-state index in [0.717, 1.165) is 18.7 Å². The third-order valence-corrected chi connectivity index (χ3v) is 7.91. The Balaban J connectivity index is 1.56. The van der Waals surface area contributed by atoms with Gasteiger partial charge in [-0.05, 0) is 65.3 Å². The van der Waals surface area contributed by atoms with Gasteiger partial charge in [0.2, 0.25) is 0 Å². The van der Waals surface area contributed by atoms with Crippen LogP contribution in [-0.2, 0) is 6.42 Å². The first-order chi connectivity index (χ1) is 19.0. The number of aryl methyl sites for hydroxylation is 1. The second-order valence-electron chi connectivity index (χ2n) is 11.2.